The minimum atomic E-state index is -0.481. The van der Waals surface area contributed by atoms with Crippen LogP contribution in [0.1, 0.15) is 26.7 Å². The van der Waals surface area contributed by atoms with Gasteiger partial charge in [0.1, 0.15) is 5.75 Å². The van der Waals surface area contributed by atoms with Crippen molar-refractivity contribution in [3.63, 3.8) is 0 Å². The molecule has 2 rings (SSSR count). The molecule has 0 radical (unpaired) electrons. The summed E-state index contributed by atoms with van der Waals surface area (Å²) in [6, 6.07) is 7.81. The lowest BCUT2D eigenvalue weighted by Gasteiger charge is -2.34. The first-order valence-corrected chi connectivity index (χ1v) is 9.04. The van der Waals surface area contributed by atoms with Gasteiger partial charge in [0, 0.05) is 11.4 Å². The highest BCUT2D eigenvalue weighted by molar-refractivity contribution is 7.98. The molecule has 1 aliphatic rings. The van der Waals surface area contributed by atoms with Gasteiger partial charge in [0.15, 0.2) is 6.10 Å². The normalized spacial score (nSPS) is 17.7. The molecule has 0 spiro atoms. The molecule has 0 saturated carbocycles. The minimum Gasteiger partial charge on any atom is -0.481 e. The van der Waals surface area contributed by atoms with E-state index >= 15 is 0 Å². The molecule has 1 aromatic rings. The van der Waals surface area contributed by atoms with Crippen LogP contribution in [0.5, 0.6) is 5.75 Å². The monoisotopic (exact) mass is 358 g/mol. The summed E-state index contributed by atoms with van der Waals surface area (Å²) in [5.74, 6) is 0.683. The van der Waals surface area contributed by atoms with Crippen LogP contribution in [0, 0.1) is 5.41 Å². The standard InChI is InChI=1S/C17H26N2O2S.ClH/c1-13(21-14-4-6-15(22-3)7-5-14)16(20)19-12-17(2)8-10-18-11-9-17;/h4-7,13,18H,8-12H2,1-3H3,(H,19,20);1H. The zero-order valence-corrected chi connectivity index (χ0v) is 15.7. The first kappa shape index (κ1) is 20.1. The van der Waals surface area contributed by atoms with E-state index in [4.69, 9.17) is 4.74 Å². The van der Waals surface area contributed by atoms with Crippen LogP contribution in [-0.4, -0.2) is 37.9 Å². The van der Waals surface area contributed by atoms with Crippen molar-refractivity contribution in [2.45, 2.75) is 37.7 Å². The molecular formula is C17H27ClN2O2S. The first-order valence-electron chi connectivity index (χ1n) is 7.82. The fraction of sp³-hybridized carbons (Fsp3) is 0.588. The Morgan fingerprint density at radius 2 is 1.96 bits per heavy atom. The van der Waals surface area contributed by atoms with Gasteiger partial charge in [-0.3, -0.25) is 4.79 Å². The number of benzene rings is 1. The molecule has 6 heteroatoms. The van der Waals surface area contributed by atoms with E-state index in [-0.39, 0.29) is 23.7 Å². The average Bonchev–Trinajstić information content (AvgIpc) is 2.54. The first-order chi connectivity index (χ1) is 10.5. The number of carbonyl (C=O) groups excluding carboxylic acids is 1. The molecule has 1 aromatic carbocycles. The van der Waals surface area contributed by atoms with Crippen molar-refractivity contribution in [2.24, 2.45) is 5.41 Å². The number of rotatable bonds is 6. The molecule has 0 aromatic heterocycles. The van der Waals surface area contributed by atoms with Gasteiger partial charge < -0.3 is 15.4 Å². The molecule has 23 heavy (non-hydrogen) atoms. The molecule has 0 aliphatic carbocycles. The fourth-order valence-electron chi connectivity index (χ4n) is 2.56. The fourth-order valence-corrected chi connectivity index (χ4v) is 2.97. The lowest BCUT2D eigenvalue weighted by Crippen LogP contribution is -2.45. The maximum absolute atomic E-state index is 12.2. The molecule has 1 fully saturated rings. The van der Waals surface area contributed by atoms with E-state index in [1.807, 2.05) is 30.5 Å². The summed E-state index contributed by atoms with van der Waals surface area (Å²) in [6.07, 6.45) is 3.75. The smallest absolute Gasteiger partial charge is 0.260 e. The molecule has 4 nitrogen and oxygen atoms in total. The van der Waals surface area contributed by atoms with Crippen molar-refractivity contribution in [3.05, 3.63) is 24.3 Å². The Morgan fingerprint density at radius 3 is 2.52 bits per heavy atom. The highest BCUT2D eigenvalue weighted by atomic mass is 35.5. The van der Waals surface area contributed by atoms with E-state index in [1.165, 1.54) is 4.90 Å². The lowest BCUT2D eigenvalue weighted by molar-refractivity contribution is -0.127. The van der Waals surface area contributed by atoms with Crippen LogP contribution in [0.4, 0.5) is 0 Å². The third-order valence-electron chi connectivity index (χ3n) is 4.24. The Labute approximate surface area is 149 Å². The highest BCUT2D eigenvalue weighted by Crippen LogP contribution is 2.26. The van der Waals surface area contributed by atoms with E-state index in [2.05, 4.69) is 17.6 Å². The van der Waals surface area contributed by atoms with Crippen LogP contribution in [-0.2, 0) is 4.79 Å². The Bertz CT molecular complexity index is 490. The maximum atomic E-state index is 12.2. The Hall–Kier alpha value is -0.910. The molecule has 1 saturated heterocycles. The summed E-state index contributed by atoms with van der Waals surface area (Å²) < 4.78 is 5.71. The minimum absolute atomic E-state index is 0. The van der Waals surface area contributed by atoms with Crippen LogP contribution in [0.3, 0.4) is 0 Å². The number of carbonyl (C=O) groups is 1. The molecule has 1 heterocycles. The second-order valence-corrected chi connectivity index (χ2v) is 7.09. The zero-order valence-electron chi connectivity index (χ0n) is 14.1. The van der Waals surface area contributed by atoms with Crippen molar-refractivity contribution < 1.29 is 9.53 Å². The quantitative estimate of drug-likeness (QED) is 0.767. The number of ether oxygens (including phenoxy) is 1. The van der Waals surface area contributed by atoms with Gasteiger partial charge in [0.25, 0.3) is 5.91 Å². The second-order valence-electron chi connectivity index (χ2n) is 6.21. The largest absolute Gasteiger partial charge is 0.481 e. The van der Waals surface area contributed by atoms with Gasteiger partial charge in [0.05, 0.1) is 0 Å². The lowest BCUT2D eigenvalue weighted by atomic mass is 9.81. The molecule has 2 N–H and O–H groups in total. The average molecular weight is 359 g/mol. The molecule has 1 amide bonds. The summed E-state index contributed by atoms with van der Waals surface area (Å²) in [5, 5.41) is 6.39. The van der Waals surface area contributed by atoms with Crippen molar-refractivity contribution >= 4 is 30.1 Å². The van der Waals surface area contributed by atoms with E-state index in [0.29, 0.717) is 6.54 Å². The Balaban J connectivity index is 0.00000264. The molecule has 1 unspecified atom stereocenters. The van der Waals surface area contributed by atoms with Gasteiger partial charge in [-0.2, -0.15) is 0 Å². The maximum Gasteiger partial charge on any atom is 0.260 e. The molecule has 1 aliphatic heterocycles. The van der Waals surface area contributed by atoms with Crippen LogP contribution < -0.4 is 15.4 Å². The third-order valence-corrected chi connectivity index (χ3v) is 4.99. The van der Waals surface area contributed by atoms with Crippen LogP contribution in [0.15, 0.2) is 29.2 Å². The molecule has 0 bridgehead atoms. The number of thioether (sulfide) groups is 1. The number of hydrogen-bond acceptors (Lipinski definition) is 4. The number of nitrogens with one attached hydrogen (secondary N) is 2. The highest BCUT2D eigenvalue weighted by Gasteiger charge is 2.28. The van der Waals surface area contributed by atoms with E-state index in [0.717, 1.165) is 31.7 Å². The predicted molar refractivity (Wildman–Crippen MR) is 98.8 cm³/mol. The van der Waals surface area contributed by atoms with E-state index in [1.54, 1.807) is 18.7 Å². The van der Waals surface area contributed by atoms with Crippen molar-refractivity contribution in [3.8, 4) is 5.75 Å². The Kier molecular flexibility index (Phi) is 8.23. The van der Waals surface area contributed by atoms with Crippen LogP contribution in [0.2, 0.25) is 0 Å². The summed E-state index contributed by atoms with van der Waals surface area (Å²) in [5.41, 5.74) is 0.195. The van der Waals surface area contributed by atoms with Crippen molar-refractivity contribution in [1.29, 1.82) is 0 Å². The SMILES string of the molecule is CSc1ccc(OC(C)C(=O)NCC2(C)CCNCC2)cc1.Cl. The second kappa shape index (κ2) is 9.40. The van der Waals surface area contributed by atoms with Gasteiger partial charge in [-0.15, -0.1) is 24.2 Å². The summed E-state index contributed by atoms with van der Waals surface area (Å²) >= 11 is 1.69. The number of hydrogen-bond donors (Lipinski definition) is 2. The van der Waals surface area contributed by atoms with Gasteiger partial charge in [-0.1, -0.05) is 6.92 Å². The van der Waals surface area contributed by atoms with E-state index in [9.17, 15) is 4.79 Å². The van der Waals surface area contributed by atoms with Gasteiger partial charge in [0.2, 0.25) is 0 Å². The molecule has 130 valence electrons. The third kappa shape index (κ3) is 6.24. The van der Waals surface area contributed by atoms with Crippen LogP contribution in [0.25, 0.3) is 0 Å². The number of piperidine rings is 1. The zero-order chi connectivity index (χ0) is 16.0. The van der Waals surface area contributed by atoms with Gasteiger partial charge >= 0.3 is 0 Å². The molecular weight excluding hydrogens is 332 g/mol. The topological polar surface area (TPSA) is 50.4 Å². The summed E-state index contributed by atoms with van der Waals surface area (Å²) in [7, 11) is 0. The number of amides is 1. The summed E-state index contributed by atoms with van der Waals surface area (Å²) in [6.45, 7) is 6.80. The van der Waals surface area contributed by atoms with Gasteiger partial charge in [-0.05, 0) is 68.8 Å². The molecule has 1 atom stereocenters. The van der Waals surface area contributed by atoms with Crippen LogP contribution >= 0.6 is 24.2 Å². The predicted octanol–water partition coefficient (Wildman–Crippen LogP) is 3.10. The number of halogens is 1. The van der Waals surface area contributed by atoms with Crippen molar-refractivity contribution in [2.75, 3.05) is 25.9 Å². The summed E-state index contributed by atoms with van der Waals surface area (Å²) in [4.78, 5) is 13.4. The Morgan fingerprint density at radius 1 is 1.35 bits per heavy atom. The van der Waals surface area contributed by atoms with E-state index < -0.39 is 6.10 Å². The van der Waals surface area contributed by atoms with Crippen molar-refractivity contribution in [1.82, 2.24) is 10.6 Å². The van der Waals surface area contributed by atoms with Gasteiger partial charge in [-0.25, -0.2) is 0 Å².